The first-order valence-corrected chi connectivity index (χ1v) is 12.5. The number of aryl methyl sites for hydroxylation is 1. The fourth-order valence-electron chi connectivity index (χ4n) is 4.16. The molecule has 0 amide bonds. The molecule has 1 saturated carbocycles. The van der Waals surface area contributed by atoms with Gasteiger partial charge in [0.25, 0.3) is 5.91 Å². The van der Waals surface area contributed by atoms with Crippen LogP contribution in [0.3, 0.4) is 0 Å². The van der Waals surface area contributed by atoms with Crippen molar-refractivity contribution < 1.29 is 22.3 Å². The number of nitrogens with zero attached hydrogens (tertiary/aromatic N) is 3. The second kappa shape index (κ2) is 9.64. The molecule has 9 heteroatoms. The van der Waals surface area contributed by atoms with Crippen molar-refractivity contribution in [1.29, 1.82) is 0 Å². The quantitative estimate of drug-likeness (QED) is 0.701. The molecule has 1 saturated heterocycles. The van der Waals surface area contributed by atoms with E-state index in [-0.39, 0.29) is 37.9 Å². The summed E-state index contributed by atoms with van der Waals surface area (Å²) in [4.78, 5) is 17.7. The molecule has 2 aliphatic rings. The van der Waals surface area contributed by atoms with Crippen LogP contribution in [0.2, 0.25) is 0 Å². The maximum absolute atomic E-state index is 14.6. The number of hydrogen-bond acceptors (Lipinski definition) is 5. The van der Waals surface area contributed by atoms with Gasteiger partial charge in [-0.1, -0.05) is 19.3 Å². The lowest BCUT2D eigenvalue weighted by molar-refractivity contribution is 0.0729. The van der Waals surface area contributed by atoms with Crippen molar-refractivity contribution in [2.75, 3.05) is 26.3 Å². The summed E-state index contributed by atoms with van der Waals surface area (Å²) in [5.41, 5.74) is 1.59. The normalized spacial score (nSPS) is 19.2. The Morgan fingerprint density at radius 1 is 1.09 bits per heavy atom. The smallest absolute Gasteiger partial charge is 0.263 e. The lowest BCUT2D eigenvalue weighted by atomic mass is 9.96. The first-order valence-electron chi connectivity index (χ1n) is 11.0. The maximum atomic E-state index is 14.6. The highest BCUT2D eigenvalue weighted by Crippen LogP contribution is 2.23. The van der Waals surface area contributed by atoms with Crippen LogP contribution in [0.1, 0.15) is 48.0 Å². The van der Waals surface area contributed by atoms with Crippen LogP contribution in [-0.4, -0.2) is 55.5 Å². The molecule has 0 bridgehead atoms. The van der Waals surface area contributed by atoms with Crippen LogP contribution in [0, 0.1) is 12.7 Å². The van der Waals surface area contributed by atoms with Gasteiger partial charge in [0.1, 0.15) is 16.2 Å². The molecule has 32 heavy (non-hydrogen) atoms. The summed E-state index contributed by atoms with van der Waals surface area (Å²) in [7, 11) is -4.08. The summed E-state index contributed by atoms with van der Waals surface area (Å²) in [5.74, 6) is -1.33. The fraction of sp³-hybridized carbons (Fsp3) is 0.478. The molecule has 2 heterocycles. The summed E-state index contributed by atoms with van der Waals surface area (Å²) in [6.07, 6.45) is 7.05. The number of benzene rings is 1. The zero-order valence-electron chi connectivity index (χ0n) is 18.2. The van der Waals surface area contributed by atoms with Gasteiger partial charge in [-0.05, 0) is 55.7 Å². The summed E-state index contributed by atoms with van der Waals surface area (Å²) >= 11 is 0. The Morgan fingerprint density at radius 2 is 1.81 bits per heavy atom. The Balaban J connectivity index is 1.72. The van der Waals surface area contributed by atoms with Crippen LogP contribution < -0.4 is 5.49 Å². The van der Waals surface area contributed by atoms with E-state index in [4.69, 9.17) is 9.73 Å². The molecule has 0 radical (unpaired) electrons. The molecule has 7 nitrogen and oxygen atoms in total. The maximum Gasteiger partial charge on any atom is 0.263 e. The largest absolute Gasteiger partial charge is 0.379 e. The topological polar surface area (TPSA) is 81.0 Å². The van der Waals surface area contributed by atoms with E-state index in [0.717, 1.165) is 43.4 Å². The number of morpholine rings is 1. The molecule has 4 rings (SSSR count). The third-order valence-corrected chi connectivity index (χ3v) is 7.88. The number of carbonyl (C=O) groups is 1. The minimum Gasteiger partial charge on any atom is -0.379 e. The van der Waals surface area contributed by atoms with E-state index in [9.17, 15) is 17.6 Å². The third-order valence-electron chi connectivity index (χ3n) is 5.96. The molecule has 1 aromatic heterocycles. The zero-order chi connectivity index (χ0) is 22.7. The van der Waals surface area contributed by atoms with Crippen LogP contribution in [0.15, 0.2) is 46.4 Å². The van der Waals surface area contributed by atoms with Gasteiger partial charge in [-0.3, -0.25) is 14.4 Å². The SMILES string of the molecule is Cc1ccn(C(=O)c2ccc(F)c(S(=O)(=O)N3CCOCC3)c2)c(=NC2CCCCC2)c1. The van der Waals surface area contributed by atoms with Gasteiger partial charge in [-0.15, -0.1) is 0 Å². The van der Waals surface area contributed by atoms with Crippen LogP contribution in [0.5, 0.6) is 0 Å². The van der Waals surface area contributed by atoms with Crippen LogP contribution in [-0.2, 0) is 14.8 Å². The van der Waals surface area contributed by atoms with Gasteiger partial charge in [0, 0.05) is 24.8 Å². The van der Waals surface area contributed by atoms with Crippen molar-refractivity contribution in [3.8, 4) is 0 Å². The highest BCUT2D eigenvalue weighted by atomic mass is 32.2. The van der Waals surface area contributed by atoms with Crippen molar-refractivity contribution in [2.45, 2.75) is 50.0 Å². The van der Waals surface area contributed by atoms with E-state index in [2.05, 4.69) is 0 Å². The second-order valence-electron chi connectivity index (χ2n) is 8.32. The van der Waals surface area contributed by atoms with E-state index < -0.39 is 26.6 Å². The Hall–Kier alpha value is -2.36. The van der Waals surface area contributed by atoms with Crippen molar-refractivity contribution in [3.05, 3.63) is 59.0 Å². The Kier molecular flexibility index (Phi) is 6.88. The number of carbonyl (C=O) groups excluding carboxylic acids is 1. The number of rotatable bonds is 4. The van der Waals surface area contributed by atoms with E-state index in [1.807, 2.05) is 13.0 Å². The minimum atomic E-state index is -4.08. The average molecular weight is 462 g/mol. The standard InChI is InChI=1S/C23H28FN3O4S/c1-17-9-10-27(22(15-17)25-19-5-3-2-4-6-19)23(28)18-7-8-20(24)21(16-18)32(29,30)26-11-13-31-14-12-26/h7-10,15-16,19H,2-6,11-14H2,1H3. The molecule has 0 atom stereocenters. The number of sulfonamides is 1. The molecular weight excluding hydrogens is 433 g/mol. The number of pyridine rings is 1. The summed E-state index contributed by atoms with van der Waals surface area (Å²) in [6.45, 7) is 2.74. The van der Waals surface area contributed by atoms with Crippen LogP contribution in [0.25, 0.3) is 0 Å². The summed E-state index contributed by atoms with van der Waals surface area (Å²) in [6, 6.07) is 7.28. The highest BCUT2D eigenvalue weighted by molar-refractivity contribution is 7.89. The van der Waals surface area contributed by atoms with Gasteiger partial charge in [0.05, 0.1) is 19.3 Å². The third kappa shape index (κ3) is 4.84. The van der Waals surface area contributed by atoms with Gasteiger partial charge in [-0.2, -0.15) is 4.31 Å². The Bertz CT molecular complexity index is 1160. The van der Waals surface area contributed by atoms with Gasteiger partial charge < -0.3 is 4.74 Å². The zero-order valence-corrected chi connectivity index (χ0v) is 19.0. The minimum absolute atomic E-state index is 0.0900. The van der Waals surface area contributed by atoms with Gasteiger partial charge in [0.2, 0.25) is 10.0 Å². The average Bonchev–Trinajstić information content (AvgIpc) is 2.80. The molecule has 0 unspecified atom stereocenters. The van der Waals surface area contributed by atoms with Gasteiger partial charge >= 0.3 is 0 Å². The molecule has 1 aliphatic carbocycles. The Labute approximate surface area is 187 Å². The predicted molar refractivity (Wildman–Crippen MR) is 117 cm³/mol. The summed E-state index contributed by atoms with van der Waals surface area (Å²) < 4.78 is 48.3. The molecule has 0 spiro atoms. The van der Waals surface area contributed by atoms with E-state index in [0.29, 0.717) is 5.49 Å². The van der Waals surface area contributed by atoms with E-state index in [1.165, 1.54) is 21.4 Å². The van der Waals surface area contributed by atoms with E-state index >= 15 is 0 Å². The predicted octanol–water partition coefficient (Wildman–Crippen LogP) is 2.88. The molecular formula is C23H28FN3O4S. The number of halogens is 1. The molecule has 2 fully saturated rings. The lowest BCUT2D eigenvalue weighted by Gasteiger charge is -2.26. The van der Waals surface area contributed by atoms with Crippen molar-refractivity contribution in [2.24, 2.45) is 4.99 Å². The second-order valence-corrected chi connectivity index (χ2v) is 10.2. The molecule has 2 aromatic rings. The molecule has 0 N–H and O–H groups in total. The number of hydrogen-bond donors (Lipinski definition) is 0. The molecule has 1 aromatic carbocycles. The first kappa shape index (κ1) is 22.8. The van der Waals surface area contributed by atoms with Crippen LogP contribution in [0.4, 0.5) is 4.39 Å². The van der Waals surface area contributed by atoms with Crippen LogP contribution >= 0.6 is 0 Å². The van der Waals surface area contributed by atoms with E-state index in [1.54, 1.807) is 12.3 Å². The van der Waals surface area contributed by atoms with Crippen molar-refractivity contribution in [1.82, 2.24) is 8.87 Å². The first-order chi connectivity index (χ1) is 15.4. The number of aromatic nitrogens is 1. The van der Waals surface area contributed by atoms with Crippen molar-refractivity contribution >= 4 is 15.9 Å². The number of ether oxygens (including phenoxy) is 1. The summed E-state index contributed by atoms with van der Waals surface area (Å²) in [5, 5.41) is 0. The lowest BCUT2D eigenvalue weighted by Crippen LogP contribution is -2.41. The molecule has 172 valence electrons. The van der Waals surface area contributed by atoms with Gasteiger partial charge in [0.15, 0.2) is 0 Å². The monoisotopic (exact) mass is 461 g/mol. The Morgan fingerprint density at radius 3 is 2.53 bits per heavy atom. The highest BCUT2D eigenvalue weighted by Gasteiger charge is 2.30. The van der Waals surface area contributed by atoms with Crippen molar-refractivity contribution in [3.63, 3.8) is 0 Å². The molecule has 1 aliphatic heterocycles. The fourth-order valence-corrected chi connectivity index (χ4v) is 5.66. The van der Waals surface area contributed by atoms with Gasteiger partial charge in [-0.25, -0.2) is 12.8 Å².